The smallest absolute Gasteiger partial charge is 0.133 e. The van der Waals surface area contributed by atoms with Gasteiger partial charge in [-0.05, 0) is 45.4 Å². The standard InChI is InChI=1S/C16H27N3O/c1-4-16(5-2,11-20)10-17-15-13-8-6-7-9-14(13)18-12(3)19-15/h20H,4-11H2,1-3H3,(H,17,18,19). The zero-order valence-electron chi connectivity index (χ0n) is 13.0. The van der Waals surface area contributed by atoms with Gasteiger partial charge in [-0.1, -0.05) is 13.8 Å². The van der Waals surface area contributed by atoms with Crippen LogP contribution in [0.1, 0.15) is 56.6 Å². The maximum Gasteiger partial charge on any atom is 0.133 e. The number of hydrogen-bond donors (Lipinski definition) is 2. The van der Waals surface area contributed by atoms with Crippen LogP contribution in [0.3, 0.4) is 0 Å². The third-order valence-electron chi connectivity index (χ3n) is 4.76. The lowest BCUT2D eigenvalue weighted by atomic mass is 9.83. The topological polar surface area (TPSA) is 58.0 Å². The van der Waals surface area contributed by atoms with Crippen molar-refractivity contribution < 1.29 is 5.11 Å². The maximum absolute atomic E-state index is 9.67. The van der Waals surface area contributed by atoms with E-state index in [2.05, 4.69) is 29.1 Å². The number of rotatable bonds is 6. The Morgan fingerprint density at radius 2 is 1.85 bits per heavy atom. The number of nitrogens with one attached hydrogen (secondary N) is 1. The molecule has 0 atom stereocenters. The molecule has 0 amide bonds. The molecular formula is C16H27N3O. The number of aryl methyl sites for hydroxylation is 2. The summed E-state index contributed by atoms with van der Waals surface area (Å²) < 4.78 is 0. The molecule has 0 unspecified atom stereocenters. The van der Waals surface area contributed by atoms with E-state index in [0.29, 0.717) is 0 Å². The minimum Gasteiger partial charge on any atom is -0.396 e. The molecule has 1 heterocycles. The molecule has 1 aliphatic rings. The summed E-state index contributed by atoms with van der Waals surface area (Å²) in [6.07, 6.45) is 6.54. The van der Waals surface area contributed by atoms with Gasteiger partial charge in [0.2, 0.25) is 0 Å². The monoisotopic (exact) mass is 277 g/mol. The lowest BCUT2D eigenvalue weighted by Gasteiger charge is -2.30. The molecule has 0 saturated heterocycles. The van der Waals surface area contributed by atoms with Gasteiger partial charge in [0.15, 0.2) is 0 Å². The molecule has 1 aromatic heterocycles. The van der Waals surface area contributed by atoms with E-state index in [1.54, 1.807) is 0 Å². The number of fused-ring (bicyclic) bond motifs is 1. The Kier molecular flexibility index (Phi) is 4.97. The van der Waals surface area contributed by atoms with Crippen molar-refractivity contribution in [2.45, 2.75) is 59.3 Å². The zero-order chi connectivity index (χ0) is 14.6. The summed E-state index contributed by atoms with van der Waals surface area (Å²) in [4.78, 5) is 9.17. The highest BCUT2D eigenvalue weighted by atomic mass is 16.3. The molecule has 0 aliphatic heterocycles. The number of nitrogens with zero attached hydrogens (tertiary/aromatic N) is 2. The van der Waals surface area contributed by atoms with E-state index in [0.717, 1.165) is 43.9 Å². The van der Waals surface area contributed by atoms with Crippen LogP contribution in [0.5, 0.6) is 0 Å². The van der Waals surface area contributed by atoms with Crippen LogP contribution in [0.2, 0.25) is 0 Å². The third-order valence-corrected chi connectivity index (χ3v) is 4.76. The van der Waals surface area contributed by atoms with Gasteiger partial charge in [0, 0.05) is 23.2 Å². The van der Waals surface area contributed by atoms with Crippen LogP contribution in [0.25, 0.3) is 0 Å². The third kappa shape index (κ3) is 3.11. The molecule has 0 saturated carbocycles. The van der Waals surface area contributed by atoms with Gasteiger partial charge in [0.25, 0.3) is 0 Å². The van der Waals surface area contributed by atoms with Crippen molar-refractivity contribution in [3.05, 3.63) is 17.1 Å². The number of aliphatic hydroxyl groups is 1. The predicted octanol–water partition coefficient (Wildman–Crippen LogP) is 2.87. The molecule has 4 heteroatoms. The van der Waals surface area contributed by atoms with Gasteiger partial charge < -0.3 is 10.4 Å². The molecule has 4 nitrogen and oxygen atoms in total. The van der Waals surface area contributed by atoms with Crippen LogP contribution >= 0.6 is 0 Å². The Hall–Kier alpha value is -1.16. The normalized spacial score (nSPS) is 15.0. The van der Waals surface area contributed by atoms with Gasteiger partial charge in [-0.2, -0.15) is 0 Å². The molecule has 0 radical (unpaired) electrons. The SMILES string of the molecule is CCC(CC)(CO)CNc1nc(C)nc2c1CCCC2. The molecule has 1 aromatic rings. The van der Waals surface area contributed by atoms with Gasteiger partial charge in [-0.3, -0.25) is 0 Å². The lowest BCUT2D eigenvalue weighted by molar-refractivity contribution is 0.127. The molecule has 0 bridgehead atoms. The number of aliphatic hydroxyl groups excluding tert-OH is 1. The summed E-state index contributed by atoms with van der Waals surface area (Å²) in [6.45, 7) is 7.24. The van der Waals surface area contributed by atoms with Crippen LogP contribution in [0.15, 0.2) is 0 Å². The van der Waals surface area contributed by atoms with Gasteiger partial charge in [-0.15, -0.1) is 0 Å². The van der Waals surface area contributed by atoms with Crippen LogP contribution in [-0.2, 0) is 12.8 Å². The number of aromatic nitrogens is 2. The minimum atomic E-state index is -0.0413. The Morgan fingerprint density at radius 3 is 2.50 bits per heavy atom. The highest BCUT2D eigenvalue weighted by Gasteiger charge is 2.26. The van der Waals surface area contributed by atoms with Crippen molar-refractivity contribution in [1.82, 2.24) is 9.97 Å². The van der Waals surface area contributed by atoms with Crippen molar-refractivity contribution >= 4 is 5.82 Å². The Labute approximate surface area is 122 Å². The van der Waals surface area contributed by atoms with E-state index in [1.807, 2.05) is 6.92 Å². The Bertz CT molecular complexity index is 447. The summed E-state index contributed by atoms with van der Waals surface area (Å²) in [5.41, 5.74) is 2.47. The number of hydrogen-bond acceptors (Lipinski definition) is 4. The van der Waals surface area contributed by atoms with Crippen LogP contribution in [0, 0.1) is 12.3 Å². The highest BCUT2D eigenvalue weighted by molar-refractivity contribution is 5.48. The first-order valence-electron chi connectivity index (χ1n) is 7.85. The molecule has 20 heavy (non-hydrogen) atoms. The molecular weight excluding hydrogens is 250 g/mol. The fourth-order valence-electron chi connectivity index (χ4n) is 2.91. The van der Waals surface area contributed by atoms with Crippen molar-refractivity contribution in [2.75, 3.05) is 18.5 Å². The van der Waals surface area contributed by atoms with Crippen molar-refractivity contribution in [3.8, 4) is 0 Å². The van der Waals surface area contributed by atoms with Gasteiger partial charge in [-0.25, -0.2) is 9.97 Å². The van der Waals surface area contributed by atoms with Crippen LogP contribution in [0.4, 0.5) is 5.82 Å². The zero-order valence-corrected chi connectivity index (χ0v) is 13.0. The quantitative estimate of drug-likeness (QED) is 0.839. The van der Waals surface area contributed by atoms with E-state index < -0.39 is 0 Å². The average molecular weight is 277 g/mol. The lowest BCUT2D eigenvalue weighted by Crippen LogP contribution is -2.33. The highest BCUT2D eigenvalue weighted by Crippen LogP contribution is 2.29. The summed E-state index contributed by atoms with van der Waals surface area (Å²) in [5, 5.41) is 13.2. The average Bonchev–Trinajstić information content (AvgIpc) is 2.49. The molecule has 1 aliphatic carbocycles. The largest absolute Gasteiger partial charge is 0.396 e. The van der Waals surface area contributed by atoms with E-state index in [4.69, 9.17) is 0 Å². The summed E-state index contributed by atoms with van der Waals surface area (Å²) in [7, 11) is 0. The molecule has 112 valence electrons. The molecule has 2 rings (SSSR count). The first kappa shape index (κ1) is 15.2. The van der Waals surface area contributed by atoms with E-state index in [-0.39, 0.29) is 12.0 Å². The van der Waals surface area contributed by atoms with Gasteiger partial charge >= 0.3 is 0 Å². The van der Waals surface area contributed by atoms with E-state index in [1.165, 1.54) is 24.1 Å². The second-order valence-electron chi connectivity index (χ2n) is 5.97. The van der Waals surface area contributed by atoms with Crippen molar-refractivity contribution in [1.29, 1.82) is 0 Å². The molecule has 0 spiro atoms. The first-order valence-corrected chi connectivity index (χ1v) is 7.85. The van der Waals surface area contributed by atoms with Crippen molar-refractivity contribution in [2.24, 2.45) is 5.41 Å². The maximum atomic E-state index is 9.67. The van der Waals surface area contributed by atoms with Gasteiger partial charge in [0.1, 0.15) is 11.6 Å². The van der Waals surface area contributed by atoms with Crippen LogP contribution in [-0.4, -0.2) is 28.2 Å². The van der Waals surface area contributed by atoms with Gasteiger partial charge in [0.05, 0.1) is 6.61 Å². The van der Waals surface area contributed by atoms with E-state index in [9.17, 15) is 5.11 Å². The molecule has 0 fully saturated rings. The van der Waals surface area contributed by atoms with Crippen molar-refractivity contribution in [3.63, 3.8) is 0 Å². The fourth-order valence-corrected chi connectivity index (χ4v) is 2.91. The fraction of sp³-hybridized carbons (Fsp3) is 0.750. The summed E-state index contributed by atoms with van der Waals surface area (Å²) in [6, 6.07) is 0. The Balaban J connectivity index is 2.19. The number of anilines is 1. The van der Waals surface area contributed by atoms with Crippen LogP contribution < -0.4 is 5.32 Å². The summed E-state index contributed by atoms with van der Waals surface area (Å²) >= 11 is 0. The summed E-state index contributed by atoms with van der Waals surface area (Å²) in [5.74, 6) is 1.84. The molecule has 2 N–H and O–H groups in total. The minimum absolute atomic E-state index is 0.0413. The second-order valence-corrected chi connectivity index (χ2v) is 5.97. The second kappa shape index (κ2) is 6.53. The first-order chi connectivity index (χ1) is 9.64. The molecule has 0 aromatic carbocycles. The Morgan fingerprint density at radius 1 is 1.15 bits per heavy atom. The van der Waals surface area contributed by atoms with E-state index >= 15 is 0 Å². The predicted molar refractivity (Wildman–Crippen MR) is 82.0 cm³/mol.